The maximum Gasteiger partial charge on any atom is 0.269 e. The minimum atomic E-state index is -0.417. The quantitative estimate of drug-likeness (QED) is 0.412. The van der Waals surface area contributed by atoms with Gasteiger partial charge in [0.15, 0.2) is 5.11 Å². The number of thiocarbonyl (C=S) groups is 1. The molecule has 1 fully saturated rings. The first-order chi connectivity index (χ1) is 13.5. The molecule has 140 valence electrons. The number of carbonyl (C=O) groups excluding carboxylic acids is 1. The highest BCUT2D eigenvalue weighted by molar-refractivity contribution is 7.80. The number of nitro benzene ring substituents is 1. The Morgan fingerprint density at radius 2 is 1.89 bits per heavy atom. The van der Waals surface area contributed by atoms with Crippen LogP contribution in [0.25, 0.3) is 10.9 Å². The molecule has 8 heteroatoms. The fraction of sp³-hybridized carbons (Fsp3) is 0.200. The summed E-state index contributed by atoms with van der Waals surface area (Å²) in [6.07, 6.45) is 0.576. The van der Waals surface area contributed by atoms with Crippen LogP contribution in [0, 0.1) is 10.1 Å². The van der Waals surface area contributed by atoms with Crippen molar-refractivity contribution in [2.24, 2.45) is 0 Å². The van der Waals surface area contributed by atoms with Crippen molar-refractivity contribution in [2.75, 3.05) is 7.05 Å². The Hall–Kier alpha value is -3.26. The first-order valence-electron chi connectivity index (χ1n) is 8.91. The third kappa shape index (κ3) is 2.21. The minimum Gasteiger partial charge on any atom is -0.356 e. The Morgan fingerprint density at radius 3 is 2.61 bits per heavy atom. The molecule has 0 unspecified atom stereocenters. The summed E-state index contributed by atoms with van der Waals surface area (Å²) in [6, 6.07) is 13.8. The predicted molar refractivity (Wildman–Crippen MR) is 108 cm³/mol. The van der Waals surface area contributed by atoms with Gasteiger partial charge in [-0.15, -0.1) is 0 Å². The molecule has 28 heavy (non-hydrogen) atoms. The molecule has 0 spiro atoms. The zero-order valence-corrected chi connectivity index (χ0v) is 15.8. The number of carbonyl (C=O) groups is 1. The maximum atomic E-state index is 12.8. The van der Waals surface area contributed by atoms with Crippen LogP contribution in [0.5, 0.6) is 0 Å². The molecule has 1 saturated heterocycles. The van der Waals surface area contributed by atoms with E-state index in [9.17, 15) is 14.9 Å². The summed E-state index contributed by atoms with van der Waals surface area (Å²) in [6.45, 7) is 0. The molecule has 1 amide bonds. The van der Waals surface area contributed by atoms with Crippen molar-refractivity contribution < 1.29 is 9.72 Å². The molecule has 2 aliphatic rings. The van der Waals surface area contributed by atoms with Crippen LogP contribution >= 0.6 is 12.2 Å². The van der Waals surface area contributed by atoms with Crippen LogP contribution in [-0.4, -0.2) is 43.8 Å². The van der Waals surface area contributed by atoms with Crippen LogP contribution in [-0.2, 0) is 11.2 Å². The molecule has 0 radical (unpaired) electrons. The molecule has 0 aliphatic carbocycles. The SMILES string of the molecule is CN1C(=O)[C@@H]2Cc3c([nH]c4ccccc34)[C@@H](c3ccc([N+](=O)[O-])cc3)N2C1=S. The van der Waals surface area contributed by atoms with Gasteiger partial charge in [-0.2, -0.15) is 0 Å². The Morgan fingerprint density at radius 1 is 1.18 bits per heavy atom. The van der Waals surface area contributed by atoms with Gasteiger partial charge in [0.2, 0.25) is 0 Å². The van der Waals surface area contributed by atoms with Crippen LogP contribution in [0.1, 0.15) is 22.9 Å². The normalized spacial score (nSPS) is 21.2. The number of hydrogen-bond donors (Lipinski definition) is 1. The number of nitrogens with zero attached hydrogens (tertiary/aromatic N) is 3. The van der Waals surface area contributed by atoms with Crippen molar-refractivity contribution in [3.8, 4) is 0 Å². The second kappa shape index (κ2) is 5.87. The van der Waals surface area contributed by atoms with Crippen LogP contribution in [0.4, 0.5) is 5.69 Å². The van der Waals surface area contributed by atoms with E-state index in [1.165, 1.54) is 17.0 Å². The van der Waals surface area contributed by atoms with Gasteiger partial charge in [-0.3, -0.25) is 19.8 Å². The number of nitro groups is 1. The lowest BCUT2D eigenvalue weighted by Crippen LogP contribution is -2.44. The largest absolute Gasteiger partial charge is 0.356 e. The number of fused-ring (bicyclic) bond motifs is 4. The summed E-state index contributed by atoms with van der Waals surface area (Å²) >= 11 is 5.58. The number of aromatic nitrogens is 1. The van der Waals surface area contributed by atoms with Gasteiger partial charge in [-0.1, -0.05) is 18.2 Å². The zero-order valence-electron chi connectivity index (χ0n) is 15.0. The summed E-state index contributed by atoms with van der Waals surface area (Å²) in [7, 11) is 1.70. The second-order valence-electron chi connectivity index (χ2n) is 7.12. The molecule has 0 bridgehead atoms. The van der Waals surface area contributed by atoms with Crippen LogP contribution in [0.3, 0.4) is 0 Å². The first kappa shape index (κ1) is 16.9. The molecular weight excluding hydrogens is 376 g/mol. The van der Waals surface area contributed by atoms with E-state index in [-0.39, 0.29) is 23.7 Å². The van der Waals surface area contributed by atoms with Crippen molar-refractivity contribution in [1.29, 1.82) is 0 Å². The van der Waals surface area contributed by atoms with Crippen molar-refractivity contribution in [1.82, 2.24) is 14.8 Å². The average molecular weight is 392 g/mol. The van der Waals surface area contributed by atoms with E-state index >= 15 is 0 Å². The third-order valence-corrected chi connectivity index (χ3v) is 6.16. The monoisotopic (exact) mass is 392 g/mol. The number of non-ortho nitro benzene ring substituents is 1. The smallest absolute Gasteiger partial charge is 0.269 e. The predicted octanol–water partition coefficient (Wildman–Crippen LogP) is 3.15. The van der Waals surface area contributed by atoms with E-state index in [0.29, 0.717) is 11.5 Å². The van der Waals surface area contributed by atoms with E-state index in [2.05, 4.69) is 11.1 Å². The summed E-state index contributed by atoms with van der Waals surface area (Å²) < 4.78 is 0. The molecule has 5 rings (SSSR count). The molecule has 2 aromatic carbocycles. The van der Waals surface area contributed by atoms with Gasteiger partial charge in [0, 0.05) is 42.2 Å². The standard InChI is InChI=1S/C20H16N4O3S/c1-22-19(25)16-10-14-13-4-2-3-5-15(13)21-17(14)18(23(16)20(22)28)11-6-8-12(9-7-11)24(26)27/h2-9,16,18,21H,10H2,1H3/t16-,18+/m0/s1. The van der Waals surface area contributed by atoms with Crippen LogP contribution < -0.4 is 0 Å². The minimum absolute atomic E-state index is 0.0205. The fourth-order valence-corrected chi connectivity index (χ4v) is 4.65. The fourth-order valence-electron chi connectivity index (χ4n) is 4.33. The van der Waals surface area contributed by atoms with E-state index < -0.39 is 4.92 Å². The molecule has 1 N–H and O–H groups in total. The van der Waals surface area contributed by atoms with Gasteiger partial charge < -0.3 is 9.88 Å². The van der Waals surface area contributed by atoms with E-state index in [0.717, 1.165) is 27.7 Å². The van der Waals surface area contributed by atoms with E-state index in [4.69, 9.17) is 12.2 Å². The number of likely N-dealkylation sites (N-methyl/N-ethyl adjacent to an activating group) is 1. The number of amides is 1. The van der Waals surface area contributed by atoms with Crippen LogP contribution in [0.2, 0.25) is 0 Å². The number of H-pyrrole nitrogens is 1. The lowest BCUT2D eigenvalue weighted by Gasteiger charge is -2.37. The number of benzene rings is 2. The summed E-state index contributed by atoms with van der Waals surface area (Å²) in [5.74, 6) is -0.0205. The maximum absolute atomic E-state index is 12.8. The summed E-state index contributed by atoms with van der Waals surface area (Å²) in [4.78, 5) is 30.4. The zero-order chi connectivity index (χ0) is 19.6. The van der Waals surface area contributed by atoms with Gasteiger partial charge in [0.25, 0.3) is 11.6 Å². The molecule has 3 aromatic rings. The highest BCUT2D eigenvalue weighted by Gasteiger charge is 2.49. The molecule has 0 saturated carbocycles. The van der Waals surface area contributed by atoms with Crippen molar-refractivity contribution in [3.05, 3.63) is 75.5 Å². The number of para-hydroxylation sites is 1. The van der Waals surface area contributed by atoms with E-state index in [1.807, 2.05) is 23.1 Å². The topological polar surface area (TPSA) is 82.5 Å². The van der Waals surface area contributed by atoms with Gasteiger partial charge in [-0.05, 0) is 41.5 Å². The number of hydrogen-bond acceptors (Lipinski definition) is 4. The van der Waals surface area contributed by atoms with E-state index in [1.54, 1.807) is 19.2 Å². The molecule has 2 aliphatic heterocycles. The molecule has 1 aromatic heterocycles. The lowest BCUT2D eigenvalue weighted by molar-refractivity contribution is -0.384. The van der Waals surface area contributed by atoms with Crippen molar-refractivity contribution >= 4 is 39.8 Å². The Balaban J connectivity index is 1.73. The summed E-state index contributed by atoms with van der Waals surface area (Å²) in [5.41, 5.74) is 3.98. The summed E-state index contributed by atoms with van der Waals surface area (Å²) in [5, 5.41) is 12.6. The van der Waals surface area contributed by atoms with Crippen molar-refractivity contribution in [2.45, 2.75) is 18.5 Å². The molecule has 7 nitrogen and oxygen atoms in total. The molecule has 3 heterocycles. The van der Waals surface area contributed by atoms with Gasteiger partial charge >= 0.3 is 0 Å². The average Bonchev–Trinajstić information content (AvgIpc) is 3.18. The Labute approximate surface area is 165 Å². The highest BCUT2D eigenvalue weighted by Crippen LogP contribution is 2.43. The molecular formula is C20H16N4O3S. The highest BCUT2D eigenvalue weighted by atomic mass is 32.1. The number of aromatic amines is 1. The van der Waals surface area contributed by atoms with Crippen LogP contribution in [0.15, 0.2) is 48.5 Å². The third-order valence-electron chi connectivity index (χ3n) is 5.67. The number of nitrogens with one attached hydrogen (secondary N) is 1. The molecule has 2 atom stereocenters. The Bertz CT molecular complexity index is 1150. The lowest BCUT2D eigenvalue weighted by atomic mass is 9.89. The Kier molecular flexibility index (Phi) is 3.54. The number of rotatable bonds is 2. The second-order valence-corrected chi connectivity index (χ2v) is 7.49. The van der Waals surface area contributed by atoms with Gasteiger partial charge in [0.05, 0.1) is 11.0 Å². The van der Waals surface area contributed by atoms with Gasteiger partial charge in [-0.25, -0.2) is 0 Å². The first-order valence-corrected chi connectivity index (χ1v) is 9.32. The van der Waals surface area contributed by atoms with Gasteiger partial charge in [0.1, 0.15) is 6.04 Å². The van der Waals surface area contributed by atoms with Crippen molar-refractivity contribution in [3.63, 3.8) is 0 Å².